The van der Waals surface area contributed by atoms with Gasteiger partial charge in [-0.15, -0.1) is 37.2 Å². The van der Waals surface area contributed by atoms with Crippen LogP contribution in [0.2, 0.25) is 0 Å². The smallest absolute Gasteiger partial charge is 0.203 e. The van der Waals surface area contributed by atoms with Crippen LogP contribution in [0.1, 0.15) is 24.0 Å². The summed E-state index contributed by atoms with van der Waals surface area (Å²) >= 11 is 0. The van der Waals surface area contributed by atoms with E-state index >= 15 is 0 Å². The Labute approximate surface area is 245 Å². The zero-order valence-electron chi connectivity index (χ0n) is 23.1. The third kappa shape index (κ3) is 11.0. The van der Waals surface area contributed by atoms with E-state index < -0.39 is 0 Å². The van der Waals surface area contributed by atoms with Gasteiger partial charge in [0, 0.05) is 24.2 Å². The van der Waals surface area contributed by atoms with E-state index in [4.69, 9.17) is 28.4 Å². The Balaban J connectivity index is 0. The molecule has 0 aliphatic heterocycles. The Hall–Kier alpha value is -2.01. The van der Waals surface area contributed by atoms with Gasteiger partial charge in [0.25, 0.3) is 0 Å². The van der Waals surface area contributed by atoms with Gasteiger partial charge in [-0.05, 0) is 51.2 Å². The molecule has 0 radical (unpaired) electrons. The van der Waals surface area contributed by atoms with Crippen LogP contribution < -0.4 is 44.4 Å². The average molecular weight is 601 g/mol. The molecular weight excluding hydrogens is 557 g/mol. The summed E-state index contributed by atoms with van der Waals surface area (Å²) in [7, 11) is 9.76. The van der Waals surface area contributed by atoms with Crippen molar-refractivity contribution < 1.29 is 28.4 Å². The molecule has 0 amide bonds. The minimum Gasteiger partial charge on any atom is -0.493 e. The maximum Gasteiger partial charge on any atom is 0.203 e. The fraction of sp³-hybridized carbons (Fsp3) is 0.538. The number of benzene rings is 2. The molecule has 38 heavy (non-hydrogen) atoms. The van der Waals surface area contributed by atoms with Crippen LogP contribution in [-0.4, -0.2) is 68.8 Å². The van der Waals surface area contributed by atoms with E-state index in [0.29, 0.717) is 47.6 Å². The van der Waals surface area contributed by atoms with E-state index in [-0.39, 0.29) is 37.2 Å². The molecule has 0 heterocycles. The van der Waals surface area contributed by atoms with Crippen molar-refractivity contribution in [1.29, 1.82) is 0 Å². The van der Waals surface area contributed by atoms with Crippen LogP contribution in [0.4, 0.5) is 0 Å². The predicted octanol–water partition coefficient (Wildman–Crippen LogP) is 4.25. The van der Waals surface area contributed by atoms with Gasteiger partial charge in [0.1, 0.15) is 0 Å². The van der Waals surface area contributed by atoms with E-state index in [0.717, 1.165) is 50.1 Å². The Morgan fingerprint density at radius 2 is 0.789 bits per heavy atom. The third-order valence-corrected chi connectivity index (χ3v) is 5.62. The average Bonchev–Trinajstić information content (AvgIpc) is 2.90. The molecule has 0 saturated heterocycles. The minimum absolute atomic E-state index is 0. The van der Waals surface area contributed by atoms with Gasteiger partial charge in [-0.1, -0.05) is 12.1 Å². The zero-order valence-corrected chi connectivity index (χ0v) is 25.6. The van der Waals surface area contributed by atoms with Crippen molar-refractivity contribution in [3.05, 3.63) is 35.4 Å². The maximum absolute atomic E-state index is 5.53. The molecular formula is C26H44Cl3N3O6. The number of hydrogen-bond acceptors (Lipinski definition) is 9. The number of nitrogens with one attached hydrogen (secondary N) is 3. The molecule has 0 spiro atoms. The second kappa shape index (κ2) is 21.9. The van der Waals surface area contributed by atoms with Crippen molar-refractivity contribution in [2.45, 2.75) is 25.9 Å². The normalized spacial score (nSPS) is 9.84. The topological polar surface area (TPSA) is 91.5 Å². The molecule has 2 aromatic rings. The first-order valence-corrected chi connectivity index (χ1v) is 11.8. The molecule has 0 aliphatic carbocycles. The molecule has 0 unspecified atom stereocenters. The zero-order chi connectivity index (χ0) is 25.5. The molecule has 0 bridgehead atoms. The monoisotopic (exact) mass is 599 g/mol. The summed E-state index contributed by atoms with van der Waals surface area (Å²) < 4.78 is 32.6. The van der Waals surface area contributed by atoms with Crippen LogP contribution in [0.3, 0.4) is 0 Å². The van der Waals surface area contributed by atoms with E-state index in [2.05, 4.69) is 16.0 Å². The summed E-state index contributed by atoms with van der Waals surface area (Å²) in [5.41, 5.74) is 2.07. The fourth-order valence-electron chi connectivity index (χ4n) is 3.85. The standard InChI is InChI=1S/C26H41N3O6.3ClH/c1-30-21-11-9-19(23(32-3)25(21)34-5)17-28-15-7-13-27-14-8-16-29-18-20-10-12-22(31-2)26(35-6)24(20)33-4;;;/h9-12,27-29H,7-8,13-18H2,1-6H3;3*1H. The van der Waals surface area contributed by atoms with Gasteiger partial charge in [0.15, 0.2) is 23.0 Å². The fourth-order valence-corrected chi connectivity index (χ4v) is 3.85. The highest BCUT2D eigenvalue weighted by Gasteiger charge is 2.16. The summed E-state index contributed by atoms with van der Waals surface area (Å²) in [6.45, 7) is 5.13. The van der Waals surface area contributed by atoms with Crippen LogP contribution in [-0.2, 0) is 13.1 Å². The quantitative estimate of drug-likeness (QED) is 0.217. The Morgan fingerprint density at radius 3 is 1.11 bits per heavy atom. The molecule has 2 aromatic carbocycles. The number of rotatable bonds is 18. The van der Waals surface area contributed by atoms with Crippen LogP contribution >= 0.6 is 37.2 Å². The van der Waals surface area contributed by atoms with E-state index in [1.54, 1.807) is 42.7 Å². The summed E-state index contributed by atoms with van der Waals surface area (Å²) in [5.74, 6) is 3.97. The van der Waals surface area contributed by atoms with Crippen molar-refractivity contribution in [2.24, 2.45) is 0 Å². The Morgan fingerprint density at radius 1 is 0.447 bits per heavy atom. The number of hydrogen-bond donors (Lipinski definition) is 3. The van der Waals surface area contributed by atoms with Crippen molar-refractivity contribution >= 4 is 37.2 Å². The van der Waals surface area contributed by atoms with Crippen molar-refractivity contribution in [1.82, 2.24) is 16.0 Å². The van der Waals surface area contributed by atoms with Gasteiger partial charge in [-0.3, -0.25) is 0 Å². The van der Waals surface area contributed by atoms with Crippen molar-refractivity contribution in [3.63, 3.8) is 0 Å². The van der Waals surface area contributed by atoms with Crippen LogP contribution in [0.5, 0.6) is 34.5 Å². The highest BCUT2D eigenvalue weighted by molar-refractivity contribution is 5.86. The SMILES string of the molecule is COc1ccc(CNCCCNCCCNCc2ccc(OC)c(OC)c2OC)c(OC)c1OC.Cl.Cl.Cl. The molecule has 0 aliphatic rings. The summed E-state index contributed by atoms with van der Waals surface area (Å²) in [4.78, 5) is 0. The highest BCUT2D eigenvalue weighted by atomic mass is 35.5. The lowest BCUT2D eigenvalue weighted by molar-refractivity contribution is 0.321. The molecule has 220 valence electrons. The number of methoxy groups -OCH3 is 6. The summed E-state index contributed by atoms with van der Waals surface area (Å²) in [6.07, 6.45) is 2.07. The first-order valence-electron chi connectivity index (χ1n) is 11.8. The van der Waals surface area contributed by atoms with E-state index in [9.17, 15) is 0 Å². The second-order valence-corrected chi connectivity index (χ2v) is 7.80. The van der Waals surface area contributed by atoms with Gasteiger partial charge in [-0.2, -0.15) is 0 Å². The van der Waals surface area contributed by atoms with Gasteiger partial charge in [0.2, 0.25) is 11.5 Å². The number of halogens is 3. The van der Waals surface area contributed by atoms with Gasteiger partial charge in [0.05, 0.1) is 42.7 Å². The van der Waals surface area contributed by atoms with Crippen LogP contribution in [0.15, 0.2) is 24.3 Å². The Bertz CT molecular complexity index is 838. The molecule has 9 nitrogen and oxygen atoms in total. The lowest BCUT2D eigenvalue weighted by Gasteiger charge is -2.16. The lowest BCUT2D eigenvalue weighted by Crippen LogP contribution is -2.25. The third-order valence-electron chi connectivity index (χ3n) is 5.62. The first kappa shape index (κ1) is 38.1. The maximum atomic E-state index is 5.53. The van der Waals surface area contributed by atoms with E-state index in [1.165, 1.54) is 0 Å². The molecule has 0 saturated carbocycles. The van der Waals surface area contributed by atoms with E-state index in [1.807, 2.05) is 24.3 Å². The van der Waals surface area contributed by atoms with Gasteiger partial charge in [-0.25, -0.2) is 0 Å². The largest absolute Gasteiger partial charge is 0.493 e. The molecule has 2 rings (SSSR count). The molecule has 0 atom stereocenters. The lowest BCUT2D eigenvalue weighted by atomic mass is 10.1. The summed E-state index contributed by atoms with van der Waals surface area (Å²) in [6, 6.07) is 7.79. The first-order chi connectivity index (χ1) is 17.1. The number of ether oxygens (including phenoxy) is 6. The van der Waals surface area contributed by atoms with Gasteiger partial charge >= 0.3 is 0 Å². The van der Waals surface area contributed by atoms with Gasteiger partial charge < -0.3 is 44.4 Å². The molecule has 12 heteroatoms. The molecule has 0 aromatic heterocycles. The van der Waals surface area contributed by atoms with Crippen molar-refractivity contribution in [2.75, 3.05) is 68.8 Å². The second-order valence-electron chi connectivity index (χ2n) is 7.80. The molecule has 3 N–H and O–H groups in total. The van der Waals surface area contributed by atoms with Crippen molar-refractivity contribution in [3.8, 4) is 34.5 Å². The minimum atomic E-state index is 0. The Kier molecular flexibility index (Phi) is 22.0. The van der Waals surface area contributed by atoms with Crippen LogP contribution in [0, 0.1) is 0 Å². The summed E-state index contributed by atoms with van der Waals surface area (Å²) in [5, 5.41) is 10.4. The van der Waals surface area contributed by atoms with Crippen LogP contribution in [0.25, 0.3) is 0 Å². The predicted molar refractivity (Wildman–Crippen MR) is 159 cm³/mol. The highest BCUT2D eigenvalue weighted by Crippen LogP contribution is 2.40. The molecule has 0 fully saturated rings.